The number of nitrogens with one attached hydrogen (secondary N) is 1. The van der Waals surface area contributed by atoms with Crippen LogP contribution in [0, 0.1) is 0 Å². The van der Waals surface area contributed by atoms with Gasteiger partial charge in [0.15, 0.2) is 6.61 Å². The van der Waals surface area contributed by atoms with Crippen LogP contribution in [0.15, 0.2) is 55.1 Å². The maximum atomic E-state index is 12.5. The third-order valence-electron chi connectivity index (χ3n) is 3.96. The summed E-state index contributed by atoms with van der Waals surface area (Å²) in [4.78, 5) is 16.4. The van der Waals surface area contributed by atoms with E-state index in [1.165, 1.54) is 17.3 Å². The average Bonchev–Trinajstić information content (AvgIpc) is 3.14. The summed E-state index contributed by atoms with van der Waals surface area (Å²) in [5.74, 6) is 0.407. The minimum absolute atomic E-state index is 0.0830. The molecule has 0 saturated carbocycles. The third-order valence-corrected chi connectivity index (χ3v) is 4.27. The van der Waals surface area contributed by atoms with Crippen molar-refractivity contribution in [2.75, 3.05) is 11.9 Å². The number of carbonyl (C=O) groups excluding carboxylic acids is 1. The Kier molecular flexibility index (Phi) is 5.46. The molecule has 3 aromatic rings. The number of hydrogen-bond acceptors (Lipinski definition) is 4. The monoisotopic (exact) mass is 384 g/mol. The summed E-state index contributed by atoms with van der Waals surface area (Å²) in [5, 5.41) is 7.37. The topological polar surface area (TPSA) is 69.0 Å². The van der Waals surface area contributed by atoms with E-state index in [0.29, 0.717) is 22.1 Å². The molecule has 1 amide bonds. The average molecular weight is 385 g/mol. The van der Waals surface area contributed by atoms with Crippen LogP contribution in [0.3, 0.4) is 0 Å². The van der Waals surface area contributed by atoms with Crippen LogP contribution in [0.2, 0.25) is 5.02 Å². The van der Waals surface area contributed by atoms with Gasteiger partial charge in [-0.3, -0.25) is 4.79 Å². The molecule has 6 nitrogen and oxygen atoms in total. The van der Waals surface area contributed by atoms with Crippen molar-refractivity contribution >= 4 is 23.2 Å². The van der Waals surface area contributed by atoms with E-state index in [0.717, 1.165) is 5.56 Å². The molecule has 27 heavy (non-hydrogen) atoms. The Balaban J connectivity index is 1.75. The first-order valence-corrected chi connectivity index (χ1v) is 8.90. The Hall–Kier alpha value is -2.86. The molecule has 1 N–H and O–H groups in total. The van der Waals surface area contributed by atoms with Crippen molar-refractivity contribution in [1.82, 2.24) is 14.8 Å². The lowest BCUT2D eigenvalue weighted by Gasteiger charge is -2.22. The van der Waals surface area contributed by atoms with Crippen LogP contribution in [0.25, 0.3) is 5.69 Å². The fourth-order valence-corrected chi connectivity index (χ4v) is 2.98. The molecular weight excluding hydrogens is 364 g/mol. The molecule has 1 heterocycles. The number of aromatic nitrogens is 3. The molecule has 0 aliphatic rings. The molecule has 0 spiro atoms. The summed E-state index contributed by atoms with van der Waals surface area (Å²) in [6, 6.07) is 13.0. The number of ether oxygens (including phenoxy) is 1. The zero-order valence-electron chi connectivity index (χ0n) is 15.4. The minimum atomic E-state index is -0.289. The lowest BCUT2D eigenvalue weighted by Crippen LogP contribution is -2.22. The van der Waals surface area contributed by atoms with Crippen LogP contribution in [-0.2, 0) is 10.2 Å². The van der Waals surface area contributed by atoms with Gasteiger partial charge in [0, 0.05) is 0 Å². The van der Waals surface area contributed by atoms with E-state index in [1.54, 1.807) is 18.2 Å². The molecule has 140 valence electrons. The Bertz CT molecular complexity index is 933. The first kappa shape index (κ1) is 18.9. The van der Waals surface area contributed by atoms with Gasteiger partial charge in [-0.05, 0) is 29.2 Å². The van der Waals surface area contributed by atoms with Gasteiger partial charge in [-0.2, -0.15) is 5.10 Å². The van der Waals surface area contributed by atoms with Crippen LogP contribution < -0.4 is 10.1 Å². The first-order chi connectivity index (χ1) is 12.9. The molecule has 7 heteroatoms. The lowest BCUT2D eigenvalue weighted by atomic mass is 9.86. The first-order valence-electron chi connectivity index (χ1n) is 8.52. The van der Waals surface area contributed by atoms with Gasteiger partial charge in [0.25, 0.3) is 5.91 Å². The summed E-state index contributed by atoms with van der Waals surface area (Å²) in [6.45, 7) is 6.19. The summed E-state index contributed by atoms with van der Waals surface area (Å²) in [6.07, 6.45) is 2.93. The standard InChI is InChI=1S/C20H21ClN4O2/c1-20(2,3)14-7-4-5-10-17(14)27-11-18(26)24-16-9-6-8-15(21)19(16)25-13-22-12-23-25/h4-10,12-13H,11H2,1-3H3,(H,24,26). The molecule has 0 fully saturated rings. The highest BCUT2D eigenvalue weighted by molar-refractivity contribution is 6.33. The molecule has 0 aliphatic heterocycles. The maximum absolute atomic E-state index is 12.5. The SMILES string of the molecule is CC(C)(C)c1ccccc1OCC(=O)Nc1cccc(Cl)c1-n1cncn1. The van der Waals surface area contributed by atoms with Crippen LogP contribution in [0.1, 0.15) is 26.3 Å². The molecular formula is C20H21ClN4O2. The Morgan fingerprint density at radius 1 is 1.19 bits per heavy atom. The summed E-state index contributed by atoms with van der Waals surface area (Å²) < 4.78 is 7.29. The zero-order valence-corrected chi connectivity index (χ0v) is 16.2. The van der Waals surface area contributed by atoms with E-state index < -0.39 is 0 Å². The van der Waals surface area contributed by atoms with Crippen molar-refractivity contribution in [3.63, 3.8) is 0 Å². The largest absolute Gasteiger partial charge is 0.483 e. The molecule has 0 unspecified atom stereocenters. The second-order valence-electron chi connectivity index (χ2n) is 7.06. The van der Waals surface area contributed by atoms with Crippen molar-refractivity contribution < 1.29 is 9.53 Å². The smallest absolute Gasteiger partial charge is 0.262 e. The number of benzene rings is 2. The highest BCUT2D eigenvalue weighted by Crippen LogP contribution is 2.31. The fraction of sp³-hybridized carbons (Fsp3) is 0.250. The predicted octanol–water partition coefficient (Wildman–Crippen LogP) is 4.24. The van der Waals surface area contributed by atoms with Crippen molar-refractivity contribution in [3.05, 3.63) is 65.7 Å². The van der Waals surface area contributed by atoms with Crippen molar-refractivity contribution in [2.45, 2.75) is 26.2 Å². The Morgan fingerprint density at radius 3 is 2.67 bits per heavy atom. The van der Waals surface area contributed by atoms with Gasteiger partial charge in [-0.1, -0.05) is 56.6 Å². The zero-order chi connectivity index (χ0) is 19.4. The highest BCUT2D eigenvalue weighted by atomic mass is 35.5. The lowest BCUT2D eigenvalue weighted by molar-refractivity contribution is -0.118. The normalized spacial score (nSPS) is 11.3. The van der Waals surface area contributed by atoms with E-state index in [-0.39, 0.29) is 17.9 Å². The van der Waals surface area contributed by atoms with Crippen LogP contribution in [0.4, 0.5) is 5.69 Å². The summed E-state index contributed by atoms with van der Waals surface area (Å²) in [7, 11) is 0. The van der Waals surface area contributed by atoms with E-state index in [1.807, 2.05) is 24.3 Å². The van der Waals surface area contributed by atoms with Gasteiger partial charge in [-0.15, -0.1) is 0 Å². The van der Waals surface area contributed by atoms with Gasteiger partial charge in [0.05, 0.1) is 10.7 Å². The predicted molar refractivity (Wildman–Crippen MR) is 106 cm³/mol. The number of nitrogens with zero attached hydrogens (tertiary/aromatic N) is 3. The molecule has 2 aromatic carbocycles. The molecule has 0 bridgehead atoms. The van der Waals surface area contributed by atoms with E-state index in [4.69, 9.17) is 16.3 Å². The van der Waals surface area contributed by atoms with Crippen LogP contribution in [0.5, 0.6) is 5.75 Å². The molecule has 3 rings (SSSR count). The van der Waals surface area contributed by atoms with Crippen LogP contribution in [-0.4, -0.2) is 27.3 Å². The van der Waals surface area contributed by atoms with E-state index in [2.05, 4.69) is 36.2 Å². The van der Waals surface area contributed by atoms with Crippen molar-refractivity contribution in [2.24, 2.45) is 0 Å². The third kappa shape index (κ3) is 4.46. The minimum Gasteiger partial charge on any atom is -0.483 e. The number of hydrogen-bond donors (Lipinski definition) is 1. The molecule has 0 saturated heterocycles. The number of anilines is 1. The number of para-hydroxylation sites is 2. The molecule has 0 aliphatic carbocycles. The Morgan fingerprint density at radius 2 is 1.96 bits per heavy atom. The van der Waals surface area contributed by atoms with Gasteiger partial charge < -0.3 is 10.1 Å². The maximum Gasteiger partial charge on any atom is 0.262 e. The second-order valence-corrected chi connectivity index (χ2v) is 7.47. The molecule has 0 radical (unpaired) electrons. The molecule has 1 aromatic heterocycles. The van der Waals surface area contributed by atoms with Gasteiger partial charge >= 0.3 is 0 Å². The summed E-state index contributed by atoms with van der Waals surface area (Å²) >= 11 is 6.28. The van der Waals surface area contributed by atoms with Crippen molar-refractivity contribution in [1.29, 1.82) is 0 Å². The Labute approximate surface area is 163 Å². The van der Waals surface area contributed by atoms with E-state index >= 15 is 0 Å². The van der Waals surface area contributed by atoms with Gasteiger partial charge in [-0.25, -0.2) is 9.67 Å². The fourth-order valence-electron chi connectivity index (χ4n) is 2.71. The van der Waals surface area contributed by atoms with E-state index in [9.17, 15) is 4.79 Å². The molecule has 0 atom stereocenters. The summed E-state index contributed by atoms with van der Waals surface area (Å²) in [5.41, 5.74) is 2.05. The number of amides is 1. The quantitative estimate of drug-likeness (QED) is 0.714. The van der Waals surface area contributed by atoms with Gasteiger partial charge in [0.2, 0.25) is 0 Å². The number of carbonyl (C=O) groups is 1. The number of halogens is 1. The highest BCUT2D eigenvalue weighted by Gasteiger charge is 2.19. The number of rotatable bonds is 5. The van der Waals surface area contributed by atoms with Gasteiger partial charge in [0.1, 0.15) is 24.1 Å². The van der Waals surface area contributed by atoms with Crippen molar-refractivity contribution in [3.8, 4) is 11.4 Å². The van der Waals surface area contributed by atoms with Crippen LogP contribution >= 0.6 is 11.6 Å². The second kappa shape index (κ2) is 7.80.